The Morgan fingerprint density at radius 2 is 1.45 bits per heavy atom. The molecule has 0 saturated heterocycles. The van der Waals surface area contributed by atoms with Crippen LogP contribution in [0.25, 0.3) is 0 Å². The molecule has 1 fully saturated rings. The third-order valence-electron chi connectivity index (χ3n) is 2.79. The van der Waals surface area contributed by atoms with Gasteiger partial charge in [0.2, 0.25) is 0 Å². The van der Waals surface area contributed by atoms with Crippen molar-refractivity contribution in [2.75, 3.05) is 6.61 Å². The van der Waals surface area contributed by atoms with Crippen LogP contribution in [0.3, 0.4) is 0 Å². The van der Waals surface area contributed by atoms with Gasteiger partial charge in [-0.05, 0) is 13.8 Å². The van der Waals surface area contributed by atoms with E-state index in [0.29, 0.717) is 6.61 Å². The number of benzene rings is 1. The van der Waals surface area contributed by atoms with Gasteiger partial charge in [-0.2, -0.15) is 0 Å². The van der Waals surface area contributed by atoms with E-state index in [9.17, 15) is 4.79 Å². The summed E-state index contributed by atoms with van der Waals surface area (Å²) in [4.78, 5) is 18.2. The molecule has 1 aromatic carbocycles. The lowest BCUT2D eigenvalue weighted by Crippen LogP contribution is -1.95. The highest BCUT2D eigenvalue weighted by Gasteiger charge is 1.95. The number of carboxylic acid groups (broad SMARTS) is 1. The molecule has 22 heavy (non-hydrogen) atoms. The zero-order valence-corrected chi connectivity index (χ0v) is 14.1. The SMILES string of the molecule is C1CCCCC1.CCOC(C)=O.Cc1ccccc1.O=CO. The summed E-state index contributed by atoms with van der Waals surface area (Å²) in [7, 11) is 0. The van der Waals surface area contributed by atoms with Gasteiger partial charge < -0.3 is 9.84 Å². The number of aryl methyl sites for hydroxylation is 1. The molecular formula is C18H30O4. The molecule has 0 aliphatic heterocycles. The molecule has 0 spiro atoms. The average Bonchev–Trinajstić information content (AvgIpc) is 2.52. The Morgan fingerprint density at radius 3 is 1.59 bits per heavy atom. The maximum absolute atomic E-state index is 9.82. The molecule has 0 aromatic heterocycles. The van der Waals surface area contributed by atoms with E-state index >= 15 is 0 Å². The van der Waals surface area contributed by atoms with Gasteiger partial charge in [0.15, 0.2) is 0 Å². The van der Waals surface area contributed by atoms with Crippen molar-refractivity contribution in [1.82, 2.24) is 0 Å². The van der Waals surface area contributed by atoms with Crippen LogP contribution in [-0.4, -0.2) is 24.2 Å². The van der Waals surface area contributed by atoms with Crippen LogP contribution in [0, 0.1) is 6.92 Å². The summed E-state index contributed by atoms with van der Waals surface area (Å²) in [5, 5.41) is 6.89. The normalized spacial score (nSPS) is 12.0. The van der Waals surface area contributed by atoms with Gasteiger partial charge in [0, 0.05) is 6.92 Å². The highest BCUT2D eigenvalue weighted by atomic mass is 16.5. The van der Waals surface area contributed by atoms with Crippen LogP contribution in [-0.2, 0) is 14.3 Å². The molecule has 0 unspecified atom stereocenters. The fraction of sp³-hybridized carbons (Fsp3) is 0.556. The Kier molecular flexibility index (Phi) is 19.5. The first kappa shape index (κ1) is 22.4. The smallest absolute Gasteiger partial charge is 0.302 e. The van der Waals surface area contributed by atoms with Crippen molar-refractivity contribution in [1.29, 1.82) is 0 Å². The van der Waals surface area contributed by atoms with Crippen molar-refractivity contribution in [3.8, 4) is 0 Å². The predicted octanol–water partition coefficient (Wildman–Crippen LogP) is 4.61. The Morgan fingerprint density at radius 1 is 1.09 bits per heavy atom. The van der Waals surface area contributed by atoms with Crippen LogP contribution in [0.2, 0.25) is 0 Å². The first-order valence-electron chi connectivity index (χ1n) is 7.81. The van der Waals surface area contributed by atoms with E-state index in [0.717, 1.165) is 0 Å². The van der Waals surface area contributed by atoms with Gasteiger partial charge in [0.25, 0.3) is 6.47 Å². The molecule has 0 amide bonds. The molecule has 1 aliphatic rings. The number of esters is 1. The fourth-order valence-corrected chi connectivity index (χ4v) is 1.80. The summed E-state index contributed by atoms with van der Waals surface area (Å²) in [6.07, 6.45) is 9.00. The van der Waals surface area contributed by atoms with E-state index in [1.165, 1.54) is 51.0 Å². The molecule has 0 heterocycles. The Hall–Kier alpha value is -1.84. The van der Waals surface area contributed by atoms with Crippen LogP contribution >= 0.6 is 0 Å². The molecule has 1 aromatic rings. The van der Waals surface area contributed by atoms with Gasteiger partial charge in [-0.25, -0.2) is 0 Å². The molecule has 4 heteroatoms. The van der Waals surface area contributed by atoms with Crippen molar-refractivity contribution < 1.29 is 19.4 Å². The largest absolute Gasteiger partial charge is 0.483 e. The lowest BCUT2D eigenvalue weighted by atomic mass is 10.0. The minimum Gasteiger partial charge on any atom is -0.483 e. The van der Waals surface area contributed by atoms with E-state index in [1.54, 1.807) is 6.92 Å². The highest BCUT2D eigenvalue weighted by Crippen LogP contribution is 2.15. The van der Waals surface area contributed by atoms with Crippen molar-refractivity contribution in [2.24, 2.45) is 0 Å². The van der Waals surface area contributed by atoms with Crippen molar-refractivity contribution in [3.05, 3.63) is 35.9 Å². The Balaban J connectivity index is 0. The first-order chi connectivity index (χ1) is 10.6. The second-order valence-electron chi connectivity index (χ2n) is 4.81. The summed E-state index contributed by atoms with van der Waals surface area (Å²) in [5.74, 6) is -0.211. The van der Waals surface area contributed by atoms with E-state index < -0.39 is 0 Å². The molecule has 0 bridgehead atoms. The first-order valence-corrected chi connectivity index (χ1v) is 7.81. The Bertz CT molecular complexity index is 334. The predicted molar refractivity (Wildman–Crippen MR) is 89.9 cm³/mol. The van der Waals surface area contributed by atoms with Crippen LogP contribution < -0.4 is 0 Å². The standard InChI is InChI=1S/C7H8.C6H12.C4H8O2.CH2O2/c1-7-5-3-2-4-6-7;1-2-4-6-5-3-1;1-3-6-4(2)5;2-1-3/h2-6H,1H3;1-6H2;3H2,1-2H3;1H,(H,2,3). The zero-order chi connectivity index (χ0) is 17.1. The molecule has 0 atom stereocenters. The van der Waals surface area contributed by atoms with Crippen molar-refractivity contribution in [3.63, 3.8) is 0 Å². The molecule has 126 valence electrons. The lowest BCUT2D eigenvalue weighted by Gasteiger charge is -2.05. The second-order valence-corrected chi connectivity index (χ2v) is 4.81. The highest BCUT2D eigenvalue weighted by molar-refractivity contribution is 5.65. The summed E-state index contributed by atoms with van der Waals surface area (Å²) in [5.41, 5.74) is 1.32. The lowest BCUT2D eigenvalue weighted by molar-refractivity contribution is -0.140. The molecule has 1 aliphatic carbocycles. The molecular weight excluding hydrogens is 280 g/mol. The zero-order valence-electron chi connectivity index (χ0n) is 14.1. The Labute approximate surface area is 134 Å². The van der Waals surface area contributed by atoms with Crippen molar-refractivity contribution in [2.45, 2.75) is 59.3 Å². The number of carbonyl (C=O) groups excluding carboxylic acids is 1. The van der Waals surface area contributed by atoms with E-state index in [1.807, 2.05) is 18.2 Å². The van der Waals surface area contributed by atoms with Gasteiger partial charge in [0.05, 0.1) is 6.61 Å². The minimum absolute atomic E-state index is 0.211. The van der Waals surface area contributed by atoms with Crippen LogP contribution in [0.5, 0.6) is 0 Å². The molecule has 4 nitrogen and oxygen atoms in total. The third-order valence-corrected chi connectivity index (χ3v) is 2.79. The summed E-state index contributed by atoms with van der Waals surface area (Å²) < 4.78 is 4.40. The summed E-state index contributed by atoms with van der Waals surface area (Å²) in [6.45, 7) is 5.49. The number of rotatable bonds is 1. The van der Waals surface area contributed by atoms with Crippen molar-refractivity contribution >= 4 is 12.4 Å². The van der Waals surface area contributed by atoms with Gasteiger partial charge in [-0.15, -0.1) is 0 Å². The van der Waals surface area contributed by atoms with Gasteiger partial charge in [-0.3, -0.25) is 9.59 Å². The molecule has 0 radical (unpaired) electrons. The topological polar surface area (TPSA) is 63.6 Å². The maximum atomic E-state index is 9.82. The monoisotopic (exact) mass is 310 g/mol. The van der Waals surface area contributed by atoms with Gasteiger partial charge >= 0.3 is 5.97 Å². The van der Waals surface area contributed by atoms with E-state index in [4.69, 9.17) is 9.90 Å². The van der Waals surface area contributed by atoms with Gasteiger partial charge in [0.1, 0.15) is 0 Å². The maximum Gasteiger partial charge on any atom is 0.302 e. The van der Waals surface area contributed by atoms with Gasteiger partial charge in [-0.1, -0.05) is 74.4 Å². The van der Waals surface area contributed by atoms with Crippen LogP contribution in [0.15, 0.2) is 30.3 Å². The second kappa shape index (κ2) is 19.2. The third kappa shape index (κ3) is 23.3. The summed E-state index contributed by atoms with van der Waals surface area (Å²) >= 11 is 0. The van der Waals surface area contributed by atoms with Crippen LogP contribution in [0.4, 0.5) is 0 Å². The number of ether oxygens (including phenoxy) is 1. The molecule has 1 saturated carbocycles. The average molecular weight is 310 g/mol. The minimum atomic E-state index is -0.250. The van der Waals surface area contributed by atoms with E-state index in [-0.39, 0.29) is 12.4 Å². The number of carbonyl (C=O) groups is 2. The number of hydrogen-bond acceptors (Lipinski definition) is 3. The number of hydrogen-bond donors (Lipinski definition) is 1. The summed E-state index contributed by atoms with van der Waals surface area (Å²) in [6, 6.07) is 10.3. The van der Waals surface area contributed by atoms with E-state index in [2.05, 4.69) is 23.8 Å². The molecule has 2 rings (SSSR count). The fourth-order valence-electron chi connectivity index (χ4n) is 1.80. The van der Waals surface area contributed by atoms with Crippen LogP contribution in [0.1, 0.15) is 57.9 Å². The molecule has 1 N–H and O–H groups in total. The quantitative estimate of drug-likeness (QED) is 0.608.